The number of aromatic nitrogens is 2. The molecule has 0 radical (unpaired) electrons. The van der Waals surface area contributed by atoms with Gasteiger partial charge < -0.3 is 19.5 Å². The molecule has 3 aromatic rings. The van der Waals surface area contributed by atoms with Crippen molar-refractivity contribution in [2.45, 2.75) is 32.1 Å². The number of phenolic OH excluding ortho intramolecular Hbond substituents is 1. The number of hydrogen-bond donors (Lipinski definition) is 2. The Morgan fingerprint density at radius 3 is 2.86 bits per heavy atom. The lowest BCUT2D eigenvalue weighted by Crippen LogP contribution is -2.44. The van der Waals surface area contributed by atoms with Gasteiger partial charge in [-0.1, -0.05) is 18.5 Å². The zero-order valence-electron chi connectivity index (χ0n) is 14.8. The van der Waals surface area contributed by atoms with Crippen molar-refractivity contribution in [3.63, 3.8) is 0 Å². The molecule has 4 heterocycles. The Morgan fingerprint density at radius 1 is 1.32 bits per heavy atom. The molecule has 2 aliphatic rings. The molecule has 0 spiro atoms. The molecular weight excluding hydrogens is 384 g/mol. The van der Waals surface area contributed by atoms with Gasteiger partial charge in [0.2, 0.25) is 0 Å². The molecule has 1 atom stereocenters. The number of hydrogen-bond acceptors (Lipinski definition) is 6. The minimum absolute atomic E-state index is 0.0589. The fraction of sp³-hybridized carbons (Fsp3) is 0.250. The van der Waals surface area contributed by atoms with Crippen LogP contribution in [-0.2, 0) is 28.3 Å². The first-order valence-electron chi connectivity index (χ1n) is 8.83. The van der Waals surface area contributed by atoms with Gasteiger partial charge in [0.1, 0.15) is 12.4 Å². The summed E-state index contributed by atoms with van der Waals surface area (Å²) < 4.78 is 6.60. The average molecular weight is 399 g/mol. The molecule has 5 rings (SSSR count). The fourth-order valence-electron chi connectivity index (χ4n) is 4.01. The lowest BCUT2D eigenvalue weighted by molar-refractivity contribution is -0.172. The van der Waals surface area contributed by atoms with E-state index in [1.807, 2.05) is 0 Å². The molecule has 0 saturated carbocycles. The summed E-state index contributed by atoms with van der Waals surface area (Å²) >= 11 is 5.99. The van der Waals surface area contributed by atoms with Crippen molar-refractivity contribution < 1.29 is 19.7 Å². The van der Waals surface area contributed by atoms with Gasteiger partial charge in [0, 0.05) is 16.5 Å². The molecule has 0 unspecified atom stereocenters. The molecule has 0 fully saturated rings. The van der Waals surface area contributed by atoms with Crippen LogP contribution >= 0.6 is 11.6 Å². The van der Waals surface area contributed by atoms with E-state index in [4.69, 9.17) is 16.3 Å². The van der Waals surface area contributed by atoms with Gasteiger partial charge in [-0.2, -0.15) is 0 Å². The molecule has 7 nitrogen and oxygen atoms in total. The minimum atomic E-state index is -1.85. The van der Waals surface area contributed by atoms with Crippen LogP contribution in [0.25, 0.3) is 22.3 Å². The predicted molar refractivity (Wildman–Crippen MR) is 101 cm³/mol. The van der Waals surface area contributed by atoms with E-state index in [0.29, 0.717) is 22.3 Å². The van der Waals surface area contributed by atoms with Gasteiger partial charge in [0.25, 0.3) is 5.56 Å². The Bertz CT molecular complexity index is 1270. The summed E-state index contributed by atoms with van der Waals surface area (Å²) in [5, 5.41) is 21.8. The first kappa shape index (κ1) is 17.2. The van der Waals surface area contributed by atoms with Gasteiger partial charge in [-0.15, -0.1) is 0 Å². The molecular formula is C20H15ClN2O5. The maximum atomic E-state index is 13.1. The number of nitrogens with zero attached hydrogens (tertiary/aromatic N) is 2. The predicted octanol–water partition coefficient (Wildman–Crippen LogP) is 2.44. The number of phenols is 1. The second kappa shape index (κ2) is 5.56. The summed E-state index contributed by atoms with van der Waals surface area (Å²) in [5.74, 6) is -0.812. The number of aliphatic hydroxyl groups is 1. The van der Waals surface area contributed by atoms with E-state index in [1.54, 1.807) is 35.8 Å². The zero-order valence-corrected chi connectivity index (χ0v) is 15.6. The number of rotatable bonds is 1. The summed E-state index contributed by atoms with van der Waals surface area (Å²) in [4.78, 5) is 29.8. The van der Waals surface area contributed by atoms with Crippen LogP contribution in [0.3, 0.4) is 0 Å². The van der Waals surface area contributed by atoms with Crippen molar-refractivity contribution in [1.29, 1.82) is 0 Å². The first-order chi connectivity index (χ1) is 13.3. The lowest BCUT2D eigenvalue weighted by Gasteiger charge is -2.31. The van der Waals surface area contributed by atoms with Gasteiger partial charge in [-0.3, -0.25) is 4.79 Å². The molecule has 0 aliphatic carbocycles. The van der Waals surface area contributed by atoms with Gasteiger partial charge in [0.15, 0.2) is 5.60 Å². The highest BCUT2D eigenvalue weighted by Crippen LogP contribution is 2.40. The van der Waals surface area contributed by atoms with E-state index in [0.717, 1.165) is 5.56 Å². The van der Waals surface area contributed by atoms with Crippen molar-refractivity contribution in [3.8, 4) is 17.1 Å². The largest absolute Gasteiger partial charge is 0.506 e. The standard InChI is InChI=1S/C20H15ClN2O5/c1-2-20(27)12-6-15-16-9(5-10-14(22-16)4-3-13(21)17(10)24)7-23(15)18(25)11(12)8-28-19(20)26/h3-6,24,27H,2,7-8H2,1H3/t20-/m0/s1. The third-order valence-electron chi connectivity index (χ3n) is 5.61. The van der Waals surface area contributed by atoms with Crippen LogP contribution in [0.2, 0.25) is 5.02 Å². The van der Waals surface area contributed by atoms with Crippen LogP contribution in [0.4, 0.5) is 0 Å². The quantitative estimate of drug-likeness (QED) is 0.477. The Balaban J connectivity index is 1.80. The molecule has 8 heteroatoms. The molecule has 0 saturated heterocycles. The molecule has 0 bridgehead atoms. The third-order valence-corrected chi connectivity index (χ3v) is 5.92. The number of carbonyl (C=O) groups excluding carboxylic acids is 1. The second-order valence-corrected chi connectivity index (χ2v) is 7.47. The number of carbonyl (C=O) groups is 1. The second-order valence-electron chi connectivity index (χ2n) is 7.06. The number of esters is 1. The number of pyridine rings is 2. The van der Waals surface area contributed by atoms with Crippen LogP contribution in [0, 0.1) is 0 Å². The van der Waals surface area contributed by atoms with E-state index in [-0.39, 0.29) is 47.0 Å². The molecule has 2 aliphatic heterocycles. The molecule has 28 heavy (non-hydrogen) atoms. The highest BCUT2D eigenvalue weighted by atomic mass is 35.5. The number of halogens is 1. The van der Waals surface area contributed by atoms with Gasteiger partial charge in [-0.25, -0.2) is 9.78 Å². The van der Waals surface area contributed by atoms with E-state index in [2.05, 4.69) is 4.98 Å². The van der Waals surface area contributed by atoms with Crippen molar-refractivity contribution in [3.05, 3.63) is 56.3 Å². The number of cyclic esters (lactones) is 1. The molecule has 1 aromatic carbocycles. The summed E-state index contributed by atoms with van der Waals surface area (Å²) in [6, 6.07) is 6.66. The van der Waals surface area contributed by atoms with E-state index in [9.17, 15) is 19.8 Å². The fourth-order valence-corrected chi connectivity index (χ4v) is 4.18. The average Bonchev–Trinajstić information content (AvgIpc) is 3.05. The Kier molecular flexibility index (Phi) is 3.42. The summed E-state index contributed by atoms with van der Waals surface area (Å²) in [7, 11) is 0. The molecule has 0 amide bonds. The highest BCUT2D eigenvalue weighted by Gasteiger charge is 2.45. The Morgan fingerprint density at radius 2 is 2.11 bits per heavy atom. The number of ether oxygens (including phenoxy) is 1. The molecule has 142 valence electrons. The number of benzene rings is 1. The van der Waals surface area contributed by atoms with Crippen molar-refractivity contribution in [1.82, 2.24) is 9.55 Å². The number of fused-ring (bicyclic) bond motifs is 5. The maximum Gasteiger partial charge on any atom is 0.343 e. The summed E-state index contributed by atoms with van der Waals surface area (Å²) in [6.07, 6.45) is 0.0894. The highest BCUT2D eigenvalue weighted by molar-refractivity contribution is 6.33. The van der Waals surface area contributed by atoms with Crippen LogP contribution in [-0.4, -0.2) is 25.7 Å². The molecule has 2 aromatic heterocycles. The van der Waals surface area contributed by atoms with Gasteiger partial charge in [-0.05, 0) is 30.7 Å². The normalized spacial score (nSPS) is 19.9. The summed E-state index contributed by atoms with van der Waals surface area (Å²) in [6.45, 7) is 1.76. The van der Waals surface area contributed by atoms with Crippen molar-refractivity contribution in [2.24, 2.45) is 0 Å². The number of aromatic hydroxyl groups is 1. The van der Waals surface area contributed by atoms with E-state index < -0.39 is 11.6 Å². The third kappa shape index (κ3) is 2.05. The Labute approximate surface area is 163 Å². The van der Waals surface area contributed by atoms with Crippen molar-refractivity contribution >= 4 is 28.5 Å². The van der Waals surface area contributed by atoms with Crippen LogP contribution in [0.5, 0.6) is 5.75 Å². The smallest absolute Gasteiger partial charge is 0.343 e. The maximum absolute atomic E-state index is 13.1. The van der Waals surface area contributed by atoms with E-state index in [1.165, 1.54) is 0 Å². The molecule has 2 N–H and O–H groups in total. The van der Waals surface area contributed by atoms with Crippen LogP contribution < -0.4 is 5.56 Å². The first-order valence-corrected chi connectivity index (χ1v) is 9.21. The summed E-state index contributed by atoms with van der Waals surface area (Å²) in [5.41, 5.74) is 0.751. The lowest BCUT2D eigenvalue weighted by atomic mass is 9.86. The van der Waals surface area contributed by atoms with E-state index >= 15 is 0 Å². The Hall–Kier alpha value is -2.90. The monoisotopic (exact) mass is 398 g/mol. The van der Waals surface area contributed by atoms with Crippen LogP contribution in [0.1, 0.15) is 30.0 Å². The minimum Gasteiger partial charge on any atom is -0.506 e. The van der Waals surface area contributed by atoms with Gasteiger partial charge >= 0.3 is 5.97 Å². The van der Waals surface area contributed by atoms with Crippen molar-refractivity contribution in [2.75, 3.05) is 0 Å². The zero-order chi connectivity index (χ0) is 19.8. The SMILES string of the molecule is CC[C@@]1(O)C(=O)OCc2c1cc1n(c2=O)Cc2cc3c(O)c(Cl)ccc3nc2-1. The van der Waals surface area contributed by atoms with Crippen LogP contribution in [0.15, 0.2) is 29.1 Å². The van der Waals surface area contributed by atoms with Gasteiger partial charge in [0.05, 0.1) is 34.0 Å². The topological polar surface area (TPSA) is 102 Å².